The fourth-order valence-electron chi connectivity index (χ4n) is 2.59. The van der Waals surface area contributed by atoms with Crippen LogP contribution in [0.2, 0.25) is 5.02 Å². The number of hydrogen-bond donors (Lipinski definition) is 2. The van der Waals surface area contributed by atoms with Crippen LogP contribution in [0, 0.1) is 0 Å². The molecule has 0 fully saturated rings. The second kappa shape index (κ2) is 11.2. The van der Waals surface area contributed by atoms with Crippen molar-refractivity contribution in [1.29, 1.82) is 0 Å². The van der Waals surface area contributed by atoms with Crippen molar-refractivity contribution in [3.8, 4) is 23.0 Å². The minimum Gasteiger partial charge on any atom is -0.493 e. The lowest BCUT2D eigenvalue weighted by molar-refractivity contribution is -0.127. The van der Waals surface area contributed by atoms with E-state index in [1.807, 2.05) is 0 Å². The molecule has 30 heavy (non-hydrogen) atoms. The van der Waals surface area contributed by atoms with Gasteiger partial charge in [-0.3, -0.25) is 9.59 Å². The van der Waals surface area contributed by atoms with Gasteiger partial charge in [-0.25, -0.2) is 0 Å². The van der Waals surface area contributed by atoms with Gasteiger partial charge in [0.25, 0.3) is 11.8 Å². The fraction of sp³-hybridized carbons (Fsp3) is 0.333. The number of carbonyl (C=O) groups is 2. The molecule has 2 N–H and O–H groups in total. The predicted molar refractivity (Wildman–Crippen MR) is 113 cm³/mol. The quantitative estimate of drug-likeness (QED) is 0.556. The van der Waals surface area contributed by atoms with Crippen molar-refractivity contribution in [3.63, 3.8) is 0 Å². The molecule has 2 amide bonds. The van der Waals surface area contributed by atoms with Crippen molar-refractivity contribution < 1.29 is 28.5 Å². The van der Waals surface area contributed by atoms with E-state index in [0.717, 1.165) is 0 Å². The van der Waals surface area contributed by atoms with Gasteiger partial charge in [-0.2, -0.15) is 0 Å². The molecule has 2 rings (SSSR count). The molecular weight excluding hydrogens is 412 g/mol. The summed E-state index contributed by atoms with van der Waals surface area (Å²) in [6, 6.07) is 9.84. The highest BCUT2D eigenvalue weighted by Gasteiger charge is 2.17. The monoisotopic (exact) mass is 436 g/mol. The number of rotatable bonds is 10. The molecule has 0 heterocycles. The molecule has 2 aromatic carbocycles. The summed E-state index contributed by atoms with van der Waals surface area (Å²) in [7, 11) is 4.43. The van der Waals surface area contributed by atoms with Gasteiger partial charge in [0, 0.05) is 23.7 Å². The van der Waals surface area contributed by atoms with Crippen LogP contribution >= 0.6 is 11.6 Å². The van der Waals surface area contributed by atoms with Crippen molar-refractivity contribution in [2.24, 2.45) is 0 Å². The minimum atomic E-state index is -0.697. The highest BCUT2D eigenvalue weighted by molar-refractivity contribution is 6.30. The fourth-order valence-corrected chi connectivity index (χ4v) is 2.72. The first-order valence-electron chi connectivity index (χ1n) is 9.17. The van der Waals surface area contributed by atoms with E-state index in [2.05, 4.69) is 10.6 Å². The topological polar surface area (TPSA) is 95.1 Å². The number of nitrogens with one attached hydrogen (secondary N) is 2. The van der Waals surface area contributed by atoms with Crippen molar-refractivity contribution in [3.05, 3.63) is 47.0 Å². The van der Waals surface area contributed by atoms with Gasteiger partial charge in [-0.15, -0.1) is 0 Å². The maximum atomic E-state index is 12.4. The average molecular weight is 437 g/mol. The largest absolute Gasteiger partial charge is 0.493 e. The maximum Gasteiger partial charge on any atom is 0.260 e. The van der Waals surface area contributed by atoms with Crippen LogP contribution in [0.15, 0.2) is 36.4 Å². The van der Waals surface area contributed by atoms with E-state index < -0.39 is 6.10 Å². The van der Waals surface area contributed by atoms with Gasteiger partial charge in [0.15, 0.2) is 17.6 Å². The van der Waals surface area contributed by atoms with Crippen LogP contribution < -0.4 is 29.6 Å². The van der Waals surface area contributed by atoms with E-state index in [1.165, 1.54) is 21.3 Å². The summed E-state index contributed by atoms with van der Waals surface area (Å²) in [5.41, 5.74) is 0.343. The molecule has 2 aromatic rings. The normalized spacial score (nSPS) is 11.2. The molecule has 0 saturated heterocycles. The van der Waals surface area contributed by atoms with Crippen LogP contribution in [-0.2, 0) is 4.79 Å². The molecule has 0 aromatic heterocycles. The number of benzene rings is 2. The average Bonchev–Trinajstić information content (AvgIpc) is 2.76. The lowest BCUT2D eigenvalue weighted by Gasteiger charge is -2.15. The van der Waals surface area contributed by atoms with Gasteiger partial charge in [0.05, 0.1) is 21.3 Å². The van der Waals surface area contributed by atoms with Gasteiger partial charge in [0.1, 0.15) is 5.75 Å². The summed E-state index contributed by atoms with van der Waals surface area (Å²) in [5, 5.41) is 6.02. The third kappa shape index (κ3) is 6.18. The number of amides is 2. The molecular formula is C21H25ClN2O6. The van der Waals surface area contributed by atoms with Crippen LogP contribution in [0.3, 0.4) is 0 Å². The van der Waals surface area contributed by atoms with Crippen molar-refractivity contribution in [1.82, 2.24) is 10.6 Å². The van der Waals surface area contributed by atoms with Crippen LogP contribution in [0.4, 0.5) is 0 Å². The molecule has 9 heteroatoms. The second-order valence-corrected chi connectivity index (χ2v) is 6.61. The Bertz CT molecular complexity index is 847. The van der Waals surface area contributed by atoms with Crippen LogP contribution in [-0.4, -0.2) is 52.3 Å². The van der Waals surface area contributed by atoms with Crippen molar-refractivity contribution in [2.45, 2.75) is 13.0 Å². The minimum absolute atomic E-state index is 0.231. The van der Waals surface area contributed by atoms with E-state index in [9.17, 15) is 9.59 Å². The predicted octanol–water partition coefficient (Wildman–Crippen LogP) is 2.68. The molecule has 0 aliphatic carbocycles. The molecule has 162 valence electrons. The first kappa shape index (κ1) is 23.2. The van der Waals surface area contributed by atoms with Gasteiger partial charge in [0.2, 0.25) is 5.75 Å². The zero-order valence-corrected chi connectivity index (χ0v) is 18.0. The number of methoxy groups -OCH3 is 3. The lowest BCUT2D eigenvalue weighted by atomic mass is 10.1. The van der Waals surface area contributed by atoms with E-state index in [1.54, 1.807) is 43.3 Å². The Hall–Kier alpha value is -3.13. The summed E-state index contributed by atoms with van der Waals surface area (Å²) < 4.78 is 21.3. The highest BCUT2D eigenvalue weighted by atomic mass is 35.5. The molecule has 0 radical (unpaired) electrons. The van der Waals surface area contributed by atoms with Crippen LogP contribution in [0.25, 0.3) is 0 Å². The van der Waals surface area contributed by atoms with Gasteiger partial charge >= 0.3 is 0 Å². The highest BCUT2D eigenvalue weighted by Crippen LogP contribution is 2.38. The standard InChI is InChI=1S/C21H25ClN2O6/c1-13(30-16-7-5-15(22)6-8-16)20(25)23-9-10-24-21(26)14-11-17(27-2)19(29-4)18(12-14)28-3/h5-8,11-13H,9-10H2,1-4H3,(H,23,25)(H,24,26). The van der Waals surface area contributed by atoms with Gasteiger partial charge < -0.3 is 29.6 Å². The first-order chi connectivity index (χ1) is 14.4. The maximum absolute atomic E-state index is 12.4. The molecule has 0 saturated carbocycles. The number of hydrogen-bond acceptors (Lipinski definition) is 6. The molecule has 0 aliphatic heterocycles. The first-order valence-corrected chi connectivity index (χ1v) is 9.55. The molecule has 1 atom stereocenters. The summed E-state index contributed by atoms with van der Waals surface area (Å²) >= 11 is 5.82. The smallest absolute Gasteiger partial charge is 0.260 e. The Morgan fingerprint density at radius 2 is 1.50 bits per heavy atom. The number of halogens is 1. The van der Waals surface area contributed by atoms with Gasteiger partial charge in [-0.05, 0) is 43.3 Å². The van der Waals surface area contributed by atoms with Crippen LogP contribution in [0.5, 0.6) is 23.0 Å². The second-order valence-electron chi connectivity index (χ2n) is 6.17. The van der Waals surface area contributed by atoms with Gasteiger partial charge in [-0.1, -0.05) is 11.6 Å². The molecule has 1 unspecified atom stereocenters. The van der Waals surface area contributed by atoms with E-state index in [0.29, 0.717) is 33.6 Å². The Labute approximate surface area is 180 Å². The Morgan fingerprint density at radius 3 is 2.03 bits per heavy atom. The van der Waals surface area contributed by atoms with E-state index >= 15 is 0 Å². The molecule has 8 nitrogen and oxygen atoms in total. The van der Waals surface area contributed by atoms with E-state index in [4.69, 9.17) is 30.5 Å². The molecule has 0 aliphatic rings. The number of carbonyl (C=O) groups excluding carboxylic acids is 2. The number of ether oxygens (including phenoxy) is 4. The third-order valence-electron chi connectivity index (χ3n) is 4.13. The summed E-state index contributed by atoms with van der Waals surface area (Å²) in [6.45, 7) is 2.11. The Kier molecular flexibility index (Phi) is 8.61. The SMILES string of the molecule is COc1cc(C(=O)NCCNC(=O)C(C)Oc2ccc(Cl)cc2)cc(OC)c1OC. The summed E-state index contributed by atoms with van der Waals surface area (Å²) in [4.78, 5) is 24.6. The van der Waals surface area contributed by atoms with Crippen molar-refractivity contribution >= 4 is 23.4 Å². The Balaban J connectivity index is 1.84. The summed E-state index contributed by atoms with van der Waals surface area (Å²) in [6.07, 6.45) is -0.697. The van der Waals surface area contributed by atoms with E-state index in [-0.39, 0.29) is 24.9 Å². The Morgan fingerprint density at radius 1 is 0.933 bits per heavy atom. The summed E-state index contributed by atoms with van der Waals surface area (Å²) in [5.74, 6) is 1.06. The lowest BCUT2D eigenvalue weighted by Crippen LogP contribution is -2.40. The van der Waals surface area contributed by atoms with Crippen molar-refractivity contribution in [2.75, 3.05) is 34.4 Å². The van der Waals surface area contributed by atoms with Crippen LogP contribution in [0.1, 0.15) is 17.3 Å². The third-order valence-corrected chi connectivity index (χ3v) is 4.38. The zero-order chi connectivity index (χ0) is 22.1. The molecule has 0 spiro atoms. The molecule has 0 bridgehead atoms. The zero-order valence-electron chi connectivity index (χ0n) is 17.3.